The molecule has 0 aliphatic carbocycles. The van der Waals surface area contributed by atoms with Crippen molar-refractivity contribution >= 4 is 40.8 Å². The van der Waals surface area contributed by atoms with Gasteiger partial charge in [-0.3, -0.25) is 9.59 Å². The van der Waals surface area contributed by atoms with E-state index in [2.05, 4.69) is 15.8 Å². The summed E-state index contributed by atoms with van der Waals surface area (Å²) >= 11 is 5.79. The topological polar surface area (TPSA) is 106 Å². The van der Waals surface area contributed by atoms with Gasteiger partial charge in [-0.05, 0) is 85.3 Å². The minimum absolute atomic E-state index is 0.346. The third kappa shape index (κ3) is 6.65. The van der Waals surface area contributed by atoms with Gasteiger partial charge in [0.05, 0.1) is 18.4 Å². The summed E-state index contributed by atoms with van der Waals surface area (Å²) in [6, 6.07) is 19.4. The van der Waals surface area contributed by atoms with Gasteiger partial charge in [0.15, 0.2) is 0 Å². The Bertz CT molecular complexity index is 1170. The van der Waals surface area contributed by atoms with Crippen LogP contribution in [0.1, 0.15) is 22.8 Å². The van der Waals surface area contributed by atoms with Crippen molar-refractivity contribution in [1.29, 1.82) is 0 Å². The van der Waals surface area contributed by atoms with E-state index in [1.807, 2.05) is 0 Å². The Morgan fingerprint density at radius 1 is 0.788 bits per heavy atom. The van der Waals surface area contributed by atoms with Gasteiger partial charge in [-0.15, -0.1) is 0 Å². The lowest BCUT2D eigenvalue weighted by Crippen LogP contribution is -2.32. The van der Waals surface area contributed by atoms with Gasteiger partial charge in [0.25, 0.3) is 0 Å². The van der Waals surface area contributed by atoms with Gasteiger partial charge in [0.1, 0.15) is 11.5 Å². The minimum Gasteiger partial charge on any atom is -0.497 e. The van der Waals surface area contributed by atoms with Crippen LogP contribution in [0.3, 0.4) is 0 Å². The van der Waals surface area contributed by atoms with Crippen molar-refractivity contribution in [2.24, 2.45) is 5.10 Å². The second kappa shape index (κ2) is 10.9. The fraction of sp³-hybridized carbons (Fsp3) is 0.0833. The van der Waals surface area contributed by atoms with E-state index in [-0.39, 0.29) is 0 Å². The fourth-order valence-corrected chi connectivity index (χ4v) is 2.75. The summed E-state index contributed by atoms with van der Waals surface area (Å²) in [7, 11) is 1.54. The number of hydrazone groups is 1. The van der Waals surface area contributed by atoms with E-state index in [0.29, 0.717) is 39.0 Å². The van der Waals surface area contributed by atoms with Crippen molar-refractivity contribution in [2.75, 3.05) is 12.4 Å². The molecule has 33 heavy (non-hydrogen) atoms. The Morgan fingerprint density at radius 3 is 1.97 bits per heavy atom. The van der Waals surface area contributed by atoms with Crippen molar-refractivity contribution in [2.45, 2.75) is 6.92 Å². The number of hydrogen-bond acceptors (Lipinski definition) is 6. The summed E-state index contributed by atoms with van der Waals surface area (Å²) in [4.78, 5) is 36.2. The lowest BCUT2D eigenvalue weighted by atomic mass is 10.1. The smallest absolute Gasteiger partial charge is 0.343 e. The first-order valence-corrected chi connectivity index (χ1v) is 10.1. The molecule has 8 nitrogen and oxygen atoms in total. The summed E-state index contributed by atoms with van der Waals surface area (Å²) in [5.74, 6) is -1.31. The SMILES string of the molecule is COc1ccc(C(=O)Oc2ccc(/C(C)=N/NC(=O)C(=O)Nc3ccc(Cl)cc3)cc2)cc1. The number of carbonyl (C=O) groups excluding carboxylic acids is 3. The summed E-state index contributed by atoms with van der Waals surface area (Å²) in [5, 5.41) is 6.90. The fourth-order valence-electron chi connectivity index (χ4n) is 2.63. The van der Waals surface area contributed by atoms with E-state index in [1.54, 1.807) is 86.8 Å². The average Bonchev–Trinajstić information content (AvgIpc) is 2.84. The largest absolute Gasteiger partial charge is 0.497 e. The molecule has 3 aromatic rings. The second-order valence-corrected chi connectivity index (χ2v) is 7.18. The number of hydrogen-bond donors (Lipinski definition) is 2. The monoisotopic (exact) mass is 465 g/mol. The molecule has 0 aromatic heterocycles. The molecule has 0 saturated carbocycles. The lowest BCUT2D eigenvalue weighted by Gasteiger charge is -2.07. The molecule has 168 valence electrons. The number of esters is 1. The highest BCUT2D eigenvalue weighted by Gasteiger charge is 2.13. The molecule has 0 aliphatic heterocycles. The highest BCUT2D eigenvalue weighted by molar-refractivity contribution is 6.39. The molecule has 0 saturated heterocycles. The number of halogens is 1. The Kier molecular flexibility index (Phi) is 7.77. The molecule has 0 aliphatic rings. The van der Waals surface area contributed by atoms with E-state index in [1.165, 1.54) is 0 Å². The predicted octanol–water partition coefficient (Wildman–Crippen LogP) is 4.05. The Balaban J connectivity index is 1.55. The van der Waals surface area contributed by atoms with Crippen molar-refractivity contribution in [3.8, 4) is 11.5 Å². The molecule has 0 spiro atoms. The summed E-state index contributed by atoms with van der Waals surface area (Å²) in [5.41, 5.74) is 4.14. The van der Waals surface area contributed by atoms with Crippen molar-refractivity contribution in [3.05, 3.63) is 88.9 Å². The molecule has 3 aromatic carbocycles. The van der Waals surface area contributed by atoms with E-state index in [0.717, 1.165) is 0 Å². The highest BCUT2D eigenvalue weighted by atomic mass is 35.5. The Labute approximate surface area is 195 Å². The van der Waals surface area contributed by atoms with Crippen LogP contribution in [-0.4, -0.2) is 30.6 Å². The number of nitrogens with zero attached hydrogens (tertiary/aromatic N) is 1. The van der Waals surface area contributed by atoms with Crippen LogP contribution >= 0.6 is 11.6 Å². The van der Waals surface area contributed by atoms with Gasteiger partial charge in [0.2, 0.25) is 0 Å². The maximum absolute atomic E-state index is 12.2. The van der Waals surface area contributed by atoms with Gasteiger partial charge < -0.3 is 14.8 Å². The molecular formula is C24H20ClN3O5. The van der Waals surface area contributed by atoms with E-state index >= 15 is 0 Å². The van der Waals surface area contributed by atoms with Gasteiger partial charge in [-0.1, -0.05) is 11.6 Å². The Morgan fingerprint density at radius 2 is 1.36 bits per heavy atom. The molecule has 0 unspecified atom stereocenters. The zero-order valence-corrected chi connectivity index (χ0v) is 18.6. The van der Waals surface area contributed by atoms with Gasteiger partial charge in [-0.25, -0.2) is 10.2 Å². The van der Waals surface area contributed by atoms with Gasteiger partial charge in [0, 0.05) is 10.7 Å². The lowest BCUT2D eigenvalue weighted by molar-refractivity contribution is -0.136. The van der Waals surface area contributed by atoms with Crippen LogP contribution in [0.15, 0.2) is 77.9 Å². The number of methoxy groups -OCH3 is 1. The zero-order chi connectivity index (χ0) is 23.8. The second-order valence-electron chi connectivity index (χ2n) is 6.74. The molecule has 3 rings (SSSR count). The predicted molar refractivity (Wildman–Crippen MR) is 125 cm³/mol. The quantitative estimate of drug-likeness (QED) is 0.188. The van der Waals surface area contributed by atoms with Crippen LogP contribution in [-0.2, 0) is 9.59 Å². The van der Waals surface area contributed by atoms with Crippen LogP contribution in [0.5, 0.6) is 11.5 Å². The van der Waals surface area contributed by atoms with Gasteiger partial charge >= 0.3 is 17.8 Å². The first kappa shape index (κ1) is 23.5. The number of carbonyl (C=O) groups is 3. The number of nitrogens with one attached hydrogen (secondary N) is 2. The molecule has 0 heterocycles. The van der Waals surface area contributed by atoms with E-state index < -0.39 is 17.8 Å². The Hall–Kier alpha value is -4.17. The first-order chi connectivity index (χ1) is 15.9. The third-order valence-corrected chi connectivity index (χ3v) is 4.69. The van der Waals surface area contributed by atoms with Gasteiger partial charge in [-0.2, -0.15) is 5.10 Å². The molecule has 0 radical (unpaired) electrons. The van der Waals surface area contributed by atoms with E-state index in [9.17, 15) is 14.4 Å². The first-order valence-electron chi connectivity index (χ1n) is 9.73. The van der Waals surface area contributed by atoms with Crippen LogP contribution < -0.4 is 20.2 Å². The van der Waals surface area contributed by atoms with E-state index in [4.69, 9.17) is 21.1 Å². The van der Waals surface area contributed by atoms with Crippen molar-refractivity contribution in [3.63, 3.8) is 0 Å². The normalized spacial score (nSPS) is 10.8. The molecule has 0 fully saturated rings. The molecule has 0 atom stereocenters. The van der Waals surface area contributed by atoms with Crippen LogP contribution in [0, 0.1) is 0 Å². The summed E-state index contributed by atoms with van der Waals surface area (Å²) in [6.07, 6.45) is 0. The van der Waals surface area contributed by atoms with Crippen molar-refractivity contribution < 1.29 is 23.9 Å². The average molecular weight is 466 g/mol. The molecule has 9 heteroatoms. The zero-order valence-electron chi connectivity index (χ0n) is 17.8. The maximum Gasteiger partial charge on any atom is 0.343 e. The number of rotatable bonds is 6. The van der Waals surface area contributed by atoms with Crippen LogP contribution in [0.4, 0.5) is 5.69 Å². The standard InChI is InChI=1S/C24H20ClN3O5/c1-15(27-28-23(30)22(29)26-19-9-7-18(25)8-10-19)16-3-13-21(14-4-16)33-24(31)17-5-11-20(32-2)12-6-17/h3-14H,1-2H3,(H,26,29)(H,28,30)/b27-15+. The molecule has 2 N–H and O–H groups in total. The summed E-state index contributed by atoms with van der Waals surface area (Å²) < 4.78 is 10.4. The van der Waals surface area contributed by atoms with Crippen LogP contribution in [0.25, 0.3) is 0 Å². The minimum atomic E-state index is -0.922. The maximum atomic E-state index is 12.2. The number of benzene rings is 3. The van der Waals surface area contributed by atoms with Crippen LogP contribution in [0.2, 0.25) is 5.02 Å². The van der Waals surface area contributed by atoms with Crippen molar-refractivity contribution in [1.82, 2.24) is 5.43 Å². The molecule has 0 bridgehead atoms. The number of anilines is 1. The number of ether oxygens (including phenoxy) is 2. The summed E-state index contributed by atoms with van der Waals surface area (Å²) in [6.45, 7) is 1.66. The third-order valence-electron chi connectivity index (χ3n) is 4.44. The molecular weight excluding hydrogens is 446 g/mol. The highest BCUT2D eigenvalue weighted by Crippen LogP contribution is 2.17. The molecule has 2 amide bonds. The number of amides is 2.